The van der Waals surface area contributed by atoms with Gasteiger partial charge in [0.15, 0.2) is 0 Å². The van der Waals surface area contributed by atoms with Gasteiger partial charge in [-0.1, -0.05) is 0 Å². The normalized spacial score (nSPS) is 19.8. The first-order valence-electron chi connectivity index (χ1n) is 7.77. The van der Waals surface area contributed by atoms with E-state index in [1.807, 2.05) is 29.5 Å². The first-order valence-corrected chi connectivity index (χ1v) is 7.77. The van der Waals surface area contributed by atoms with Gasteiger partial charge in [-0.3, -0.25) is 14.6 Å². The summed E-state index contributed by atoms with van der Waals surface area (Å²) in [5.74, 6) is 0.715. The van der Waals surface area contributed by atoms with Crippen molar-refractivity contribution in [2.24, 2.45) is 5.92 Å². The number of hydrogen-bond acceptors (Lipinski definition) is 4. The molecule has 5 heteroatoms. The van der Waals surface area contributed by atoms with Crippen LogP contribution in [0.4, 0.5) is 0 Å². The van der Waals surface area contributed by atoms with Crippen LogP contribution >= 0.6 is 0 Å². The van der Waals surface area contributed by atoms with Crippen LogP contribution in [0.5, 0.6) is 0 Å². The molecule has 0 bridgehead atoms. The van der Waals surface area contributed by atoms with Crippen LogP contribution in [0.1, 0.15) is 25.5 Å². The predicted octanol–water partition coefficient (Wildman–Crippen LogP) is 2.24. The summed E-state index contributed by atoms with van der Waals surface area (Å²) in [4.78, 5) is 11.6. The molecule has 0 saturated carbocycles. The Kier molecular flexibility index (Phi) is 4.29. The molecule has 1 aliphatic rings. The van der Waals surface area contributed by atoms with Gasteiger partial charge in [-0.25, -0.2) is 0 Å². The molecule has 3 rings (SSSR count). The molecule has 1 fully saturated rings. The van der Waals surface area contributed by atoms with Crippen LogP contribution in [-0.4, -0.2) is 44.8 Å². The van der Waals surface area contributed by atoms with Gasteiger partial charge in [0.05, 0.1) is 23.8 Å². The van der Waals surface area contributed by atoms with E-state index < -0.39 is 0 Å². The van der Waals surface area contributed by atoms with Crippen molar-refractivity contribution in [1.29, 1.82) is 0 Å². The molecule has 0 amide bonds. The third kappa shape index (κ3) is 3.47. The average Bonchev–Trinajstić information content (AvgIpc) is 2.97. The molecule has 2 aromatic heterocycles. The minimum Gasteiger partial charge on any atom is -0.306 e. The van der Waals surface area contributed by atoms with E-state index in [-0.39, 0.29) is 0 Å². The second-order valence-corrected chi connectivity index (χ2v) is 5.95. The van der Waals surface area contributed by atoms with Crippen LogP contribution in [-0.2, 0) is 13.0 Å². The van der Waals surface area contributed by atoms with Crippen LogP contribution in [0.3, 0.4) is 0 Å². The van der Waals surface area contributed by atoms with Gasteiger partial charge in [-0.05, 0) is 45.7 Å². The maximum atomic E-state index is 4.59. The number of piperidine rings is 1. The lowest BCUT2D eigenvalue weighted by Gasteiger charge is -2.29. The Morgan fingerprint density at radius 3 is 2.81 bits per heavy atom. The van der Waals surface area contributed by atoms with Crippen molar-refractivity contribution in [2.75, 3.05) is 20.1 Å². The fraction of sp³-hybridized carbons (Fsp3) is 0.562. The highest BCUT2D eigenvalue weighted by Crippen LogP contribution is 2.20. The average molecular weight is 285 g/mol. The van der Waals surface area contributed by atoms with E-state index in [9.17, 15) is 0 Å². The van der Waals surface area contributed by atoms with Gasteiger partial charge in [0.25, 0.3) is 0 Å². The second kappa shape index (κ2) is 6.35. The zero-order valence-electron chi connectivity index (χ0n) is 12.9. The highest BCUT2D eigenvalue weighted by Gasteiger charge is 2.18. The molecule has 0 radical (unpaired) electrons. The predicted molar refractivity (Wildman–Crippen MR) is 82.9 cm³/mol. The lowest BCUT2D eigenvalue weighted by Crippen LogP contribution is -2.33. The molecule has 0 spiro atoms. The molecular weight excluding hydrogens is 262 g/mol. The van der Waals surface area contributed by atoms with Gasteiger partial charge in [-0.2, -0.15) is 5.10 Å². The van der Waals surface area contributed by atoms with E-state index in [1.165, 1.54) is 25.9 Å². The van der Waals surface area contributed by atoms with Crippen LogP contribution < -0.4 is 0 Å². The molecule has 0 aliphatic carbocycles. The monoisotopic (exact) mass is 285 g/mol. The smallest absolute Gasteiger partial charge is 0.0916 e. The molecule has 1 unspecified atom stereocenters. The Hall–Kier alpha value is -1.75. The number of aryl methyl sites for hydroxylation is 1. The van der Waals surface area contributed by atoms with Gasteiger partial charge in [0.1, 0.15) is 0 Å². The number of rotatable bonds is 4. The molecule has 0 aromatic carbocycles. The van der Waals surface area contributed by atoms with Crippen molar-refractivity contribution in [3.05, 3.63) is 30.5 Å². The van der Waals surface area contributed by atoms with Crippen LogP contribution in [0.15, 0.2) is 24.8 Å². The third-order valence-electron chi connectivity index (χ3n) is 4.18. The zero-order chi connectivity index (χ0) is 14.7. The summed E-state index contributed by atoms with van der Waals surface area (Å²) in [6.45, 7) is 5.35. The number of aromatic nitrogens is 4. The van der Waals surface area contributed by atoms with Crippen molar-refractivity contribution in [1.82, 2.24) is 24.6 Å². The summed E-state index contributed by atoms with van der Waals surface area (Å²) >= 11 is 0. The molecule has 21 heavy (non-hydrogen) atoms. The first kappa shape index (κ1) is 14.2. The highest BCUT2D eigenvalue weighted by molar-refractivity contribution is 5.55. The van der Waals surface area contributed by atoms with Gasteiger partial charge in [0, 0.05) is 31.0 Å². The molecule has 1 aliphatic heterocycles. The van der Waals surface area contributed by atoms with E-state index in [0.29, 0.717) is 5.92 Å². The molecule has 112 valence electrons. The summed E-state index contributed by atoms with van der Waals surface area (Å²) in [6.07, 6.45) is 11.3. The summed E-state index contributed by atoms with van der Waals surface area (Å²) < 4.78 is 1.91. The Morgan fingerprint density at radius 2 is 2.14 bits per heavy atom. The zero-order valence-corrected chi connectivity index (χ0v) is 12.9. The van der Waals surface area contributed by atoms with Crippen molar-refractivity contribution in [2.45, 2.75) is 32.7 Å². The Morgan fingerprint density at radius 1 is 1.24 bits per heavy atom. The van der Waals surface area contributed by atoms with Gasteiger partial charge < -0.3 is 4.90 Å². The fourth-order valence-electron chi connectivity index (χ4n) is 3.01. The lowest BCUT2D eigenvalue weighted by molar-refractivity contribution is 0.208. The van der Waals surface area contributed by atoms with E-state index in [4.69, 9.17) is 0 Å². The fourth-order valence-corrected chi connectivity index (χ4v) is 3.01. The molecule has 2 aromatic rings. The van der Waals surface area contributed by atoms with Crippen molar-refractivity contribution < 1.29 is 0 Å². The largest absolute Gasteiger partial charge is 0.306 e. The van der Waals surface area contributed by atoms with Gasteiger partial charge in [-0.15, -0.1) is 0 Å². The Labute approximate surface area is 126 Å². The van der Waals surface area contributed by atoms with Crippen molar-refractivity contribution in [3.8, 4) is 11.3 Å². The van der Waals surface area contributed by atoms with Gasteiger partial charge in [0.2, 0.25) is 0 Å². The SMILES string of the molecule is CCn1cc(-c2cnc(CC3CCCN(C)C3)cn2)cn1. The van der Waals surface area contributed by atoms with Crippen molar-refractivity contribution in [3.63, 3.8) is 0 Å². The molecule has 5 nitrogen and oxygen atoms in total. The summed E-state index contributed by atoms with van der Waals surface area (Å²) in [5.41, 5.74) is 3.04. The topological polar surface area (TPSA) is 46.8 Å². The van der Waals surface area contributed by atoms with E-state index in [0.717, 1.165) is 29.9 Å². The Balaban J connectivity index is 1.66. The number of hydrogen-bond donors (Lipinski definition) is 0. The molecule has 1 saturated heterocycles. The number of likely N-dealkylation sites (tertiary alicyclic amines) is 1. The van der Waals surface area contributed by atoms with Crippen LogP contribution in [0.2, 0.25) is 0 Å². The lowest BCUT2D eigenvalue weighted by atomic mass is 9.94. The summed E-state index contributed by atoms with van der Waals surface area (Å²) in [5, 5.41) is 4.28. The molecule has 1 atom stereocenters. The van der Waals surface area contributed by atoms with E-state index in [2.05, 4.69) is 33.9 Å². The van der Waals surface area contributed by atoms with Crippen LogP contribution in [0, 0.1) is 5.92 Å². The van der Waals surface area contributed by atoms with E-state index >= 15 is 0 Å². The summed E-state index contributed by atoms with van der Waals surface area (Å²) in [6, 6.07) is 0. The van der Waals surface area contributed by atoms with E-state index in [1.54, 1.807) is 0 Å². The minimum absolute atomic E-state index is 0.715. The van der Waals surface area contributed by atoms with Gasteiger partial charge >= 0.3 is 0 Å². The summed E-state index contributed by atoms with van der Waals surface area (Å²) in [7, 11) is 2.20. The maximum absolute atomic E-state index is 4.59. The number of nitrogens with zero attached hydrogens (tertiary/aromatic N) is 5. The molecule has 0 N–H and O–H groups in total. The second-order valence-electron chi connectivity index (χ2n) is 5.95. The molecular formula is C16H23N5. The quantitative estimate of drug-likeness (QED) is 0.864. The van der Waals surface area contributed by atoms with Crippen LogP contribution in [0.25, 0.3) is 11.3 Å². The maximum Gasteiger partial charge on any atom is 0.0916 e. The first-order chi connectivity index (χ1) is 10.2. The highest BCUT2D eigenvalue weighted by atomic mass is 15.3. The van der Waals surface area contributed by atoms with Crippen molar-refractivity contribution >= 4 is 0 Å². The minimum atomic E-state index is 0.715. The third-order valence-corrected chi connectivity index (χ3v) is 4.18. The standard InChI is InChI=1S/C16H23N5/c1-3-21-12-14(8-19-21)16-10-17-15(9-18-16)7-13-5-4-6-20(2)11-13/h8-10,12-13H,3-7,11H2,1-2H3. The molecule has 3 heterocycles. The Bertz CT molecular complexity index is 575.